The molecule has 3 aromatic rings. The number of aliphatic hydroxyl groups excluding tert-OH is 1. The summed E-state index contributed by atoms with van der Waals surface area (Å²) in [5.74, 6) is 0. The van der Waals surface area contributed by atoms with Crippen LogP contribution in [0.2, 0.25) is 0 Å². The predicted octanol–water partition coefficient (Wildman–Crippen LogP) is 3.05. The number of fused-ring (bicyclic) bond motifs is 1. The smallest absolute Gasteiger partial charge is 0.137 e. The third-order valence-electron chi connectivity index (χ3n) is 3.01. The van der Waals surface area contributed by atoms with Crippen molar-refractivity contribution in [1.29, 1.82) is 0 Å². The Balaban J connectivity index is 2.32. The topological polar surface area (TPSA) is 37.5 Å². The molecule has 3 rings (SSSR count). The number of nitrogens with zero attached hydrogens (tertiary/aromatic N) is 2. The number of hydrogen-bond acceptors (Lipinski definition) is 2. The number of pyridine rings is 1. The molecule has 3 nitrogen and oxygen atoms in total. The van der Waals surface area contributed by atoms with Crippen LogP contribution in [0.3, 0.4) is 0 Å². The number of imidazole rings is 1. The molecule has 1 N–H and O–H groups in total. The Hall–Kier alpha value is -2.13. The van der Waals surface area contributed by atoms with E-state index in [-0.39, 0.29) is 0 Å². The van der Waals surface area contributed by atoms with E-state index in [1.165, 1.54) is 0 Å². The molecule has 2 aromatic heterocycles. The molecule has 3 heteroatoms. The summed E-state index contributed by atoms with van der Waals surface area (Å²) >= 11 is 0. The fourth-order valence-electron chi connectivity index (χ4n) is 2.22. The van der Waals surface area contributed by atoms with Gasteiger partial charge in [0.1, 0.15) is 5.65 Å². The van der Waals surface area contributed by atoms with Gasteiger partial charge in [0.2, 0.25) is 0 Å². The lowest BCUT2D eigenvalue weighted by Crippen LogP contribution is -1.98. The molecule has 0 amide bonds. The van der Waals surface area contributed by atoms with Crippen molar-refractivity contribution >= 4 is 5.65 Å². The molecular weight excluding hydrogens is 224 g/mol. The lowest BCUT2D eigenvalue weighted by molar-refractivity contribution is 0.194. The first kappa shape index (κ1) is 11.0. The minimum absolute atomic E-state index is 0.558. The Kier molecular flexibility index (Phi) is 2.61. The lowest BCUT2D eigenvalue weighted by atomic mass is 10.1. The normalized spacial score (nSPS) is 12.8. The van der Waals surface area contributed by atoms with E-state index < -0.39 is 6.10 Å². The average molecular weight is 238 g/mol. The molecule has 1 unspecified atom stereocenters. The molecule has 0 aliphatic rings. The monoisotopic (exact) mass is 238 g/mol. The number of hydrogen-bond donors (Lipinski definition) is 1. The van der Waals surface area contributed by atoms with E-state index in [1.54, 1.807) is 6.92 Å². The second kappa shape index (κ2) is 4.27. The minimum atomic E-state index is -0.558. The van der Waals surface area contributed by atoms with Crippen LogP contribution in [0.1, 0.15) is 18.7 Å². The maximum absolute atomic E-state index is 9.99. The van der Waals surface area contributed by atoms with Gasteiger partial charge in [0.05, 0.1) is 17.5 Å². The van der Waals surface area contributed by atoms with Crippen LogP contribution in [0, 0.1) is 0 Å². The van der Waals surface area contributed by atoms with E-state index in [0.29, 0.717) is 0 Å². The molecule has 0 aliphatic heterocycles. The van der Waals surface area contributed by atoms with Gasteiger partial charge in [-0.25, -0.2) is 4.98 Å². The largest absolute Gasteiger partial charge is 0.387 e. The Bertz CT molecular complexity index is 671. The number of aromatic nitrogens is 2. The Morgan fingerprint density at radius 2 is 1.78 bits per heavy atom. The first-order valence-electron chi connectivity index (χ1n) is 5.98. The Morgan fingerprint density at radius 3 is 2.50 bits per heavy atom. The van der Waals surface area contributed by atoms with Gasteiger partial charge in [0, 0.05) is 11.8 Å². The van der Waals surface area contributed by atoms with E-state index in [4.69, 9.17) is 0 Å². The summed E-state index contributed by atoms with van der Waals surface area (Å²) in [6.07, 6.45) is 1.37. The van der Waals surface area contributed by atoms with Gasteiger partial charge in [-0.2, -0.15) is 0 Å². The van der Waals surface area contributed by atoms with Gasteiger partial charge in [-0.1, -0.05) is 36.4 Å². The van der Waals surface area contributed by atoms with Crippen LogP contribution < -0.4 is 0 Å². The van der Waals surface area contributed by atoms with E-state index in [0.717, 1.165) is 22.6 Å². The van der Waals surface area contributed by atoms with Crippen LogP contribution in [0.25, 0.3) is 16.9 Å². The van der Waals surface area contributed by atoms with E-state index in [9.17, 15) is 5.11 Å². The molecule has 1 atom stereocenters. The zero-order chi connectivity index (χ0) is 12.5. The maximum Gasteiger partial charge on any atom is 0.137 e. The molecule has 0 bridgehead atoms. The molecule has 18 heavy (non-hydrogen) atoms. The zero-order valence-corrected chi connectivity index (χ0v) is 10.1. The van der Waals surface area contributed by atoms with Crippen molar-refractivity contribution in [3.63, 3.8) is 0 Å². The van der Waals surface area contributed by atoms with E-state index in [1.807, 2.05) is 59.1 Å². The fourth-order valence-corrected chi connectivity index (χ4v) is 2.22. The summed E-state index contributed by atoms with van der Waals surface area (Å²) in [4.78, 5) is 4.61. The first-order chi connectivity index (χ1) is 8.77. The summed E-state index contributed by atoms with van der Waals surface area (Å²) in [7, 11) is 0. The molecule has 0 aliphatic carbocycles. The van der Waals surface area contributed by atoms with Crippen LogP contribution in [0.15, 0.2) is 54.7 Å². The van der Waals surface area contributed by atoms with Crippen molar-refractivity contribution < 1.29 is 5.11 Å². The Morgan fingerprint density at radius 1 is 1.06 bits per heavy atom. The van der Waals surface area contributed by atoms with Gasteiger partial charge < -0.3 is 9.51 Å². The summed E-state index contributed by atoms with van der Waals surface area (Å²) in [6.45, 7) is 1.77. The first-order valence-corrected chi connectivity index (χ1v) is 5.98. The summed E-state index contributed by atoms with van der Waals surface area (Å²) in [5.41, 5.74) is 3.55. The SMILES string of the molecule is CC(O)c1c(-c2ccccc2)nc2ccccn12. The van der Waals surface area contributed by atoms with Gasteiger partial charge in [-0.15, -0.1) is 0 Å². The molecule has 0 saturated heterocycles. The van der Waals surface area contributed by atoms with Crippen molar-refractivity contribution in [3.05, 3.63) is 60.4 Å². The number of aliphatic hydroxyl groups is 1. The van der Waals surface area contributed by atoms with Gasteiger partial charge >= 0.3 is 0 Å². The second-order valence-electron chi connectivity index (χ2n) is 4.32. The molecule has 0 saturated carbocycles. The van der Waals surface area contributed by atoms with Crippen LogP contribution >= 0.6 is 0 Å². The van der Waals surface area contributed by atoms with Crippen LogP contribution in [0.5, 0.6) is 0 Å². The highest BCUT2D eigenvalue weighted by Crippen LogP contribution is 2.28. The van der Waals surface area contributed by atoms with Gasteiger partial charge in [0.15, 0.2) is 0 Å². The fraction of sp³-hybridized carbons (Fsp3) is 0.133. The summed E-state index contributed by atoms with van der Waals surface area (Å²) < 4.78 is 1.94. The number of rotatable bonds is 2. The van der Waals surface area contributed by atoms with Crippen molar-refractivity contribution in [3.8, 4) is 11.3 Å². The van der Waals surface area contributed by atoms with Crippen molar-refractivity contribution in [1.82, 2.24) is 9.38 Å². The van der Waals surface area contributed by atoms with Gasteiger partial charge in [-0.3, -0.25) is 0 Å². The Labute approximate surface area is 105 Å². The standard InChI is InChI=1S/C15H14N2O/c1-11(18)15-14(12-7-3-2-4-8-12)16-13-9-5-6-10-17(13)15/h2-11,18H,1H3. The lowest BCUT2D eigenvalue weighted by Gasteiger charge is -2.07. The average Bonchev–Trinajstić information content (AvgIpc) is 2.79. The van der Waals surface area contributed by atoms with Crippen molar-refractivity contribution in [2.75, 3.05) is 0 Å². The maximum atomic E-state index is 9.99. The number of benzene rings is 1. The highest BCUT2D eigenvalue weighted by molar-refractivity contribution is 5.66. The van der Waals surface area contributed by atoms with Gasteiger partial charge in [-0.05, 0) is 19.1 Å². The molecule has 0 radical (unpaired) electrons. The van der Waals surface area contributed by atoms with Crippen LogP contribution in [0.4, 0.5) is 0 Å². The van der Waals surface area contributed by atoms with Crippen LogP contribution in [-0.2, 0) is 0 Å². The van der Waals surface area contributed by atoms with Crippen molar-refractivity contribution in [2.45, 2.75) is 13.0 Å². The highest BCUT2D eigenvalue weighted by Gasteiger charge is 2.16. The quantitative estimate of drug-likeness (QED) is 0.745. The minimum Gasteiger partial charge on any atom is -0.387 e. The molecule has 0 spiro atoms. The van der Waals surface area contributed by atoms with E-state index >= 15 is 0 Å². The molecule has 0 fully saturated rings. The molecule has 2 heterocycles. The summed E-state index contributed by atoms with van der Waals surface area (Å²) in [6, 6.07) is 15.8. The zero-order valence-electron chi connectivity index (χ0n) is 10.1. The second-order valence-corrected chi connectivity index (χ2v) is 4.32. The van der Waals surface area contributed by atoms with Crippen molar-refractivity contribution in [2.24, 2.45) is 0 Å². The third-order valence-corrected chi connectivity index (χ3v) is 3.01. The molecule has 1 aromatic carbocycles. The van der Waals surface area contributed by atoms with E-state index in [2.05, 4.69) is 4.98 Å². The van der Waals surface area contributed by atoms with Crippen LogP contribution in [-0.4, -0.2) is 14.5 Å². The molecular formula is C15H14N2O. The van der Waals surface area contributed by atoms with Gasteiger partial charge in [0.25, 0.3) is 0 Å². The summed E-state index contributed by atoms with van der Waals surface area (Å²) in [5, 5.41) is 9.99. The third kappa shape index (κ3) is 1.69. The highest BCUT2D eigenvalue weighted by atomic mass is 16.3. The predicted molar refractivity (Wildman–Crippen MR) is 71.3 cm³/mol. The molecule has 90 valence electrons.